The molecule has 0 aliphatic carbocycles. The van der Waals surface area contributed by atoms with Crippen LogP contribution in [0.5, 0.6) is 0 Å². The summed E-state index contributed by atoms with van der Waals surface area (Å²) in [5, 5.41) is 21.0. The van der Waals surface area contributed by atoms with Gasteiger partial charge in [0.05, 0.1) is 6.54 Å². The smallest absolute Gasteiger partial charge is 0.184 e. The molecule has 0 N–H and O–H groups in total. The molecule has 1 aliphatic heterocycles. The first kappa shape index (κ1) is 19.9. The van der Waals surface area contributed by atoms with Crippen molar-refractivity contribution in [2.75, 3.05) is 18.0 Å². The Morgan fingerprint density at radius 1 is 1.28 bits per heavy atom. The molecule has 0 amide bonds. The van der Waals surface area contributed by atoms with E-state index in [4.69, 9.17) is 26.8 Å². The number of aromatic nitrogens is 5. The Labute approximate surface area is 179 Å². The lowest BCUT2D eigenvalue weighted by molar-refractivity contribution is 0.545. The third kappa shape index (κ3) is 4.02. The van der Waals surface area contributed by atoms with Crippen molar-refractivity contribution in [2.45, 2.75) is 44.4 Å². The van der Waals surface area contributed by atoms with Crippen LogP contribution in [0.25, 0.3) is 11.2 Å². The van der Waals surface area contributed by atoms with Gasteiger partial charge in [0, 0.05) is 28.8 Å². The molecule has 7 nitrogen and oxygen atoms in total. The molecule has 9 heteroatoms. The number of halogens is 1. The molecule has 2 aromatic heterocycles. The third-order valence-electron chi connectivity index (χ3n) is 4.96. The Bertz CT molecular complexity index is 1080. The predicted molar refractivity (Wildman–Crippen MR) is 116 cm³/mol. The lowest BCUT2D eigenvalue weighted by Crippen LogP contribution is -2.25. The summed E-state index contributed by atoms with van der Waals surface area (Å²) in [5.41, 5.74) is 2.14. The van der Waals surface area contributed by atoms with E-state index in [1.807, 2.05) is 24.3 Å². The summed E-state index contributed by atoms with van der Waals surface area (Å²) in [4.78, 5) is 11.9. The Kier molecular flexibility index (Phi) is 5.36. The first-order valence-corrected chi connectivity index (χ1v) is 10.8. The summed E-state index contributed by atoms with van der Waals surface area (Å²) >= 11 is 7.67. The fourth-order valence-electron chi connectivity index (χ4n) is 3.38. The van der Waals surface area contributed by atoms with E-state index in [0.717, 1.165) is 36.7 Å². The number of hydrogen-bond donors (Lipinski definition) is 0. The van der Waals surface area contributed by atoms with Crippen molar-refractivity contribution in [2.24, 2.45) is 0 Å². The van der Waals surface area contributed by atoms with Crippen LogP contribution in [0.3, 0.4) is 0 Å². The molecule has 3 aromatic rings. The normalized spacial score (nSPS) is 17.1. The van der Waals surface area contributed by atoms with Crippen LogP contribution in [-0.4, -0.2) is 43.3 Å². The zero-order valence-electron chi connectivity index (χ0n) is 16.6. The van der Waals surface area contributed by atoms with Crippen LogP contribution in [0.4, 0.5) is 5.82 Å². The molecule has 0 bridgehead atoms. The van der Waals surface area contributed by atoms with Gasteiger partial charge >= 0.3 is 0 Å². The van der Waals surface area contributed by atoms with Crippen molar-refractivity contribution < 1.29 is 0 Å². The molecule has 29 heavy (non-hydrogen) atoms. The molecule has 1 saturated heterocycles. The summed E-state index contributed by atoms with van der Waals surface area (Å²) in [6.45, 7) is 8.39. The maximum Gasteiger partial charge on any atom is 0.184 e. The number of thiocyanates is 1. The second-order valence-corrected chi connectivity index (χ2v) is 9.69. The van der Waals surface area contributed by atoms with E-state index >= 15 is 0 Å². The maximum atomic E-state index is 9.00. The number of anilines is 1. The topological polar surface area (TPSA) is 83.5 Å². The van der Waals surface area contributed by atoms with Crippen molar-refractivity contribution >= 4 is 40.3 Å². The van der Waals surface area contributed by atoms with Gasteiger partial charge in [-0.25, -0.2) is 14.6 Å². The summed E-state index contributed by atoms with van der Waals surface area (Å²) in [5.74, 6) is 1.55. The monoisotopic (exact) mass is 427 g/mol. The van der Waals surface area contributed by atoms with Gasteiger partial charge in [0.15, 0.2) is 17.0 Å². The standard InChI is InChI=1S/C20H22ClN7S/c1-20(2,3)19-23-17(27-9-8-14(11-27)29-12-22)16-18(24-19)28(26-25-16)10-13-6-4-5-7-15(13)21/h4-7,14H,8-11H2,1-3H3. The Hall–Kier alpha value is -2.37. The zero-order chi connectivity index (χ0) is 20.6. The summed E-state index contributed by atoms with van der Waals surface area (Å²) in [6, 6.07) is 7.71. The number of rotatable bonds is 4. The van der Waals surface area contributed by atoms with E-state index in [1.54, 1.807) is 4.68 Å². The van der Waals surface area contributed by atoms with Gasteiger partial charge in [0.25, 0.3) is 0 Å². The van der Waals surface area contributed by atoms with Crippen LogP contribution in [0.2, 0.25) is 5.02 Å². The fraction of sp³-hybridized carbons (Fsp3) is 0.450. The van der Waals surface area contributed by atoms with Crippen LogP contribution in [0, 0.1) is 10.7 Å². The maximum absolute atomic E-state index is 9.00. The first-order chi connectivity index (χ1) is 13.9. The molecule has 0 saturated carbocycles. The summed E-state index contributed by atoms with van der Waals surface area (Å²) in [6.07, 6.45) is 0.947. The second kappa shape index (κ2) is 7.81. The highest BCUT2D eigenvalue weighted by Gasteiger charge is 2.30. The summed E-state index contributed by atoms with van der Waals surface area (Å²) in [7, 11) is 0. The third-order valence-corrected chi connectivity index (χ3v) is 6.15. The van der Waals surface area contributed by atoms with E-state index in [0.29, 0.717) is 22.7 Å². The zero-order valence-corrected chi connectivity index (χ0v) is 18.2. The largest absolute Gasteiger partial charge is 0.353 e. The minimum atomic E-state index is -0.219. The molecule has 3 heterocycles. The lowest BCUT2D eigenvalue weighted by Gasteiger charge is -2.22. The molecular weight excluding hydrogens is 406 g/mol. The van der Waals surface area contributed by atoms with Crippen molar-refractivity contribution in [3.63, 3.8) is 0 Å². The molecule has 1 fully saturated rings. The van der Waals surface area contributed by atoms with Crippen molar-refractivity contribution in [3.05, 3.63) is 40.7 Å². The van der Waals surface area contributed by atoms with Gasteiger partial charge in [-0.2, -0.15) is 5.26 Å². The number of thioether (sulfide) groups is 1. The molecule has 0 spiro atoms. The van der Waals surface area contributed by atoms with E-state index in [9.17, 15) is 0 Å². The molecule has 1 aliphatic rings. The highest BCUT2D eigenvalue weighted by atomic mass is 35.5. The molecule has 1 aromatic carbocycles. The van der Waals surface area contributed by atoms with E-state index in [2.05, 4.69) is 41.4 Å². The van der Waals surface area contributed by atoms with E-state index < -0.39 is 0 Å². The van der Waals surface area contributed by atoms with Gasteiger partial charge < -0.3 is 4.90 Å². The Morgan fingerprint density at radius 2 is 2.07 bits per heavy atom. The van der Waals surface area contributed by atoms with E-state index in [1.165, 1.54) is 11.8 Å². The van der Waals surface area contributed by atoms with Crippen LogP contribution in [0.15, 0.2) is 24.3 Å². The summed E-state index contributed by atoms with van der Waals surface area (Å²) < 4.78 is 1.79. The van der Waals surface area contributed by atoms with Crippen LogP contribution in [-0.2, 0) is 12.0 Å². The molecular formula is C20H22ClN7S. The Balaban J connectivity index is 1.79. The lowest BCUT2D eigenvalue weighted by atomic mass is 9.96. The molecule has 150 valence electrons. The molecule has 1 unspecified atom stereocenters. The van der Waals surface area contributed by atoms with Gasteiger partial charge in [-0.15, -0.1) is 5.10 Å². The van der Waals surface area contributed by atoms with Gasteiger partial charge in [-0.3, -0.25) is 0 Å². The van der Waals surface area contributed by atoms with Gasteiger partial charge in [-0.1, -0.05) is 55.8 Å². The fourth-order valence-corrected chi connectivity index (χ4v) is 4.21. The average Bonchev–Trinajstić information content (AvgIpc) is 3.30. The average molecular weight is 428 g/mol. The van der Waals surface area contributed by atoms with Crippen molar-refractivity contribution in [1.82, 2.24) is 25.0 Å². The SMILES string of the molecule is CC(C)(C)c1nc(N2CCC(SC#N)C2)c2nnn(Cc3ccccc3Cl)c2n1. The molecule has 4 rings (SSSR count). The minimum absolute atomic E-state index is 0.219. The van der Waals surface area contributed by atoms with E-state index in [-0.39, 0.29) is 10.7 Å². The Morgan fingerprint density at radius 3 is 2.79 bits per heavy atom. The first-order valence-electron chi connectivity index (χ1n) is 9.51. The predicted octanol–water partition coefficient (Wildman–Crippen LogP) is 4.01. The number of benzene rings is 1. The van der Waals surface area contributed by atoms with Crippen LogP contribution < -0.4 is 4.90 Å². The van der Waals surface area contributed by atoms with Crippen LogP contribution >= 0.6 is 23.4 Å². The number of fused-ring (bicyclic) bond motifs is 1. The van der Waals surface area contributed by atoms with Gasteiger partial charge in [0.2, 0.25) is 0 Å². The number of nitriles is 1. The highest BCUT2D eigenvalue weighted by molar-refractivity contribution is 8.04. The number of nitrogens with zero attached hydrogens (tertiary/aromatic N) is 7. The van der Waals surface area contributed by atoms with Crippen molar-refractivity contribution in [3.8, 4) is 5.40 Å². The molecule has 1 atom stereocenters. The minimum Gasteiger partial charge on any atom is -0.353 e. The van der Waals surface area contributed by atoms with Gasteiger partial charge in [0.1, 0.15) is 11.2 Å². The van der Waals surface area contributed by atoms with Crippen LogP contribution in [0.1, 0.15) is 38.6 Å². The van der Waals surface area contributed by atoms with Gasteiger partial charge in [-0.05, 0) is 29.8 Å². The number of hydrogen-bond acceptors (Lipinski definition) is 7. The molecule has 0 radical (unpaired) electrons. The quantitative estimate of drug-likeness (QED) is 0.581. The second-order valence-electron chi connectivity index (χ2n) is 8.20. The van der Waals surface area contributed by atoms with Crippen molar-refractivity contribution in [1.29, 1.82) is 5.26 Å². The highest BCUT2D eigenvalue weighted by Crippen LogP contribution is 2.32.